The number of carbonyl (C=O) groups excluding carboxylic acids is 4. The summed E-state index contributed by atoms with van der Waals surface area (Å²) in [6, 6.07) is 11.5. The fourth-order valence-corrected chi connectivity index (χ4v) is 4.74. The van der Waals surface area contributed by atoms with Crippen LogP contribution in [0.1, 0.15) is 68.5 Å². The van der Waals surface area contributed by atoms with Gasteiger partial charge in [0, 0.05) is 27.7 Å². The van der Waals surface area contributed by atoms with E-state index >= 15 is 0 Å². The quantitative estimate of drug-likeness (QED) is 0.360. The number of hydrogen-bond acceptors (Lipinski definition) is 10. The molecule has 216 valence electrons. The first-order valence-electron chi connectivity index (χ1n) is 13.1. The largest absolute Gasteiger partial charge is 0.508 e. The van der Waals surface area contributed by atoms with E-state index in [9.17, 15) is 24.3 Å². The fourth-order valence-electron chi connectivity index (χ4n) is 4.74. The Morgan fingerprint density at radius 3 is 1.90 bits per heavy atom. The van der Waals surface area contributed by atoms with Gasteiger partial charge in [0.25, 0.3) is 0 Å². The van der Waals surface area contributed by atoms with Crippen molar-refractivity contribution >= 4 is 23.9 Å². The van der Waals surface area contributed by atoms with Gasteiger partial charge in [0.15, 0.2) is 18.3 Å². The zero-order valence-electron chi connectivity index (χ0n) is 23.6. The minimum absolute atomic E-state index is 0.00876. The van der Waals surface area contributed by atoms with Crippen molar-refractivity contribution in [3.05, 3.63) is 64.2 Å². The lowest BCUT2D eigenvalue weighted by atomic mass is 9.88. The van der Waals surface area contributed by atoms with Crippen LogP contribution in [0.4, 0.5) is 0 Å². The summed E-state index contributed by atoms with van der Waals surface area (Å²) < 4.78 is 28.0. The first kappa shape index (κ1) is 30.6. The number of ether oxygens (including phenoxy) is 5. The molecule has 1 fully saturated rings. The van der Waals surface area contributed by atoms with Crippen molar-refractivity contribution in [1.29, 1.82) is 0 Å². The van der Waals surface area contributed by atoms with Crippen LogP contribution in [0.2, 0.25) is 0 Å². The highest BCUT2D eigenvalue weighted by atomic mass is 16.7. The third-order valence-corrected chi connectivity index (χ3v) is 6.66. The van der Waals surface area contributed by atoms with Crippen molar-refractivity contribution in [3.8, 4) is 5.75 Å². The van der Waals surface area contributed by atoms with Crippen molar-refractivity contribution in [2.24, 2.45) is 0 Å². The lowest BCUT2D eigenvalue weighted by Crippen LogP contribution is -2.59. The Labute approximate surface area is 233 Å². The molecular formula is C30H36O10. The lowest BCUT2D eigenvalue weighted by molar-refractivity contribution is -0.254. The maximum Gasteiger partial charge on any atom is 0.303 e. The van der Waals surface area contributed by atoms with E-state index in [0.717, 1.165) is 24.5 Å². The molecule has 5 atom stereocenters. The van der Waals surface area contributed by atoms with Crippen LogP contribution in [-0.4, -0.2) is 60.0 Å². The average molecular weight is 557 g/mol. The molecule has 1 N–H and O–H groups in total. The number of aromatic hydroxyl groups is 1. The summed E-state index contributed by atoms with van der Waals surface area (Å²) in [5.41, 5.74) is 4.12. The number of esters is 4. The van der Waals surface area contributed by atoms with Crippen molar-refractivity contribution in [2.75, 3.05) is 6.61 Å². The Morgan fingerprint density at radius 1 is 0.800 bits per heavy atom. The van der Waals surface area contributed by atoms with Gasteiger partial charge < -0.3 is 28.8 Å². The molecule has 1 aliphatic heterocycles. The van der Waals surface area contributed by atoms with Gasteiger partial charge in [-0.1, -0.05) is 37.3 Å². The van der Waals surface area contributed by atoms with Crippen LogP contribution >= 0.6 is 0 Å². The monoisotopic (exact) mass is 556 g/mol. The number of aryl methyl sites for hydroxylation is 1. The predicted octanol–water partition coefficient (Wildman–Crippen LogP) is 3.65. The van der Waals surface area contributed by atoms with E-state index in [-0.39, 0.29) is 12.4 Å². The van der Waals surface area contributed by atoms with Crippen LogP contribution in [0.5, 0.6) is 5.75 Å². The van der Waals surface area contributed by atoms with Gasteiger partial charge in [-0.3, -0.25) is 19.2 Å². The molecule has 0 radical (unpaired) electrons. The third kappa shape index (κ3) is 7.81. The fraction of sp³-hybridized carbons (Fsp3) is 0.467. The second kappa shape index (κ2) is 13.4. The van der Waals surface area contributed by atoms with Crippen LogP contribution in [0.15, 0.2) is 36.4 Å². The maximum atomic E-state index is 12.2. The molecule has 10 heteroatoms. The second-order valence-corrected chi connectivity index (χ2v) is 9.79. The van der Waals surface area contributed by atoms with Gasteiger partial charge in [0.1, 0.15) is 24.6 Å². The molecule has 0 spiro atoms. The summed E-state index contributed by atoms with van der Waals surface area (Å²) in [7, 11) is 0. The normalized spacial score (nSPS) is 22.2. The molecule has 2 aromatic carbocycles. The Kier molecular flexibility index (Phi) is 10.3. The van der Waals surface area contributed by atoms with Crippen LogP contribution in [-0.2, 0) is 55.7 Å². The van der Waals surface area contributed by atoms with Gasteiger partial charge in [0.2, 0.25) is 0 Å². The number of hydrogen-bond donors (Lipinski definition) is 1. The summed E-state index contributed by atoms with van der Waals surface area (Å²) in [5, 5.41) is 10.9. The zero-order chi connectivity index (χ0) is 29.6. The van der Waals surface area contributed by atoms with Gasteiger partial charge in [-0.15, -0.1) is 0 Å². The second-order valence-electron chi connectivity index (χ2n) is 9.79. The van der Waals surface area contributed by atoms with E-state index < -0.39 is 54.4 Å². The molecule has 0 bridgehead atoms. The van der Waals surface area contributed by atoms with Crippen molar-refractivity contribution in [1.82, 2.24) is 0 Å². The van der Waals surface area contributed by atoms with Gasteiger partial charge >= 0.3 is 23.9 Å². The molecule has 1 heterocycles. The Morgan fingerprint density at radius 2 is 1.35 bits per heavy atom. The summed E-state index contributed by atoms with van der Waals surface area (Å²) in [6.45, 7) is 8.27. The Hall–Kier alpha value is -3.92. The molecule has 0 aromatic heterocycles. The summed E-state index contributed by atoms with van der Waals surface area (Å²) in [6.07, 6.45) is -4.54. The third-order valence-electron chi connectivity index (χ3n) is 6.66. The molecule has 0 amide bonds. The highest BCUT2D eigenvalue weighted by Crippen LogP contribution is 2.40. The highest BCUT2D eigenvalue weighted by molar-refractivity contribution is 5.69. The Balaban J connectivity index is 2.10. The van der Waals surface area contributed by atoms with Gasteiger partial charge in [-0.05, 0) is 53.6 Å². The summed E-state index contributed by atoms with van der Waals surface area (Å²) in [5.74, 6) is -2.72. The average Bonchev–Trinajstić information content (AvgIpc) is 2.87. The molecule has 0 saturated carbocycles. The number of benzene rings is 2. The van der Waals surface area contributed by atoms with Gasteiger partial charge in [-0.25, -0.2) is 0 Å². The number of phenolic OH excluding ortho intramolecular Hbond substituents is 1. The summed E-state index contributed by atoms with van der Waals surface area (Å²) >= 11 is 0. The maximum absolute atomic E-state index is 12.2. The molecule has 0 aliphatic carbocycles. The minimum atomic E-state index is -1.29. The topological polar surface area (TPSA) is 135 Å². The SMILES string of the molecule is CCc1ccc(Cc2cc([C@@H]3O[C@H](COC(C)=O)[C@@H](OC(C)=O)[C@H](OC(C)=O)[C@H]3OC(C)=O)cc(O)c2C)cc1. The number of rotatable bonds is 9. The van der Waals surface area contributed by atoms with Crippen molar-refractivity contribution < 1.29 is 48.0 Å². The van der Waals surface area contributed by atoms with E-state index in [1.165, 1.54) is 32.4 Å². The van der Waals surface area contributed by atoms with Crippen LogP contribution in [0, 0.1) is 6.92 Å². The molecule has 1 aliphatic rings. The van der Waals surface area contributed by atoms with Crippen LogP contribution in [0.3, 0.4) is 0 Å². The Bertz CT molecular complexity index is 1240. The molecule has 1 saturated heterocycles. The molecule has 3 rings (SSSR count). The lowest BCUT2D eigenvalue weighted by Gasteiger charge is -2.44. The van der Waals surface area contributed by atoms with Crippen molar-refractivity contribution in [3.63, 3.8) is 0 Å². The predicted molar refractivity (Wildman–Crippen MR) is 142 cm³/mol. The standard InChI is InChI=1S/C30H36O10/c1-7-21-8-10-22(11-9-21)12-23-13-24(14-25(35)16(23)2)27-29(38-19(5)33)30(39-20(6)34)28(37-18(4)32)26(40-27)15-36-17(3)31/h8-11,13-14,26-30,35H,7,12,15H2,1-6H3/t26-,27+,28-,29+,30+/m1/s1. The molecule has 0 unspecified atom stereocenters. The summed E-state index contributed by atoms with van der Waals surface area (Å²) in [4.78, 5) is 47.9. The van der Waals surface area contributed by atoms with Crippen molar-refractivity contribution in [2.45, 2.75) is 84.9 Å². The number of phenols is 1. The zero-order valence-corrected chi connectivity index (χ0v) is 23.6. The molecular weight excluding hydrogens is 520 g/mol. The van der Waals surface area contributed by atoms with Crippen LogP contribution < -0.4 is 0 Å². The van der Waals surface area contributed by atoms with E-state index in [1.54, 1.807) is 6.92 Å². The first-order chi connectivity index (χ1) is 18.9. The molecule has 40 heavy (non-hydrogen) atoms. The van der Waals surface area contributed by atoms with E-state index in [4.69, 9.17) is 23.7 Å². The highest BCUT2D eigenvalue weighted by Gasteiger charge is 2.52. The molecule has 2 aromatic rings. The first-order valence-corrected chi connectivity index (χ1v) is 13.1. The minimum Gasteiger partial charge on any atom is -0.508 e. The van der Waals surface area contributed by atoms with E-state index in [1.807, 2.05) is 30.3 Å². The van der Waals surface area contributed by atoms with Crippen LogP contribution in [0.25, 0.3) is 0 Å². The number of carbonyl (C=O) groups is 4. The van der Waals surface area contributed by atoms with E-state index in [2.05, 4.69) is 6.92 Å². The van der Waals surface area contributed by atoms with Gasteiger partial charge in [-0.2, -0.15) is 0 Å². The smallest absolute Gasteiger partial charge is 0.303 e. The van der Waals surface area contributed by atoms with Gasteiger partial charge in [0.05, 0.1) is 0 Å². The van der Waals surface area contributed by atoms with E-state index in [0.29, 0.717) is 17.5 Å². The molecule has 10 nitrogen and oxygen atoms in total.